The third-order valence-corrected chi connectivity index (χ3v) is 7.83. The molecule has 0 unspecified atom stereocenters. The van der Waals surface area contributed by atoms with Crippen molar-refractivity contribution in [3.05, 3.63) is 76.9 Å². The number of aromatic nitrogens is 3. The molecule has 4 aromatic rings. The zero-order valence-corrected chi connectivity index (χ0v) is 24.0. The highest BCUT2D eigenvalue weighted by Gasteiger charge is 2.40. The van der Waals surface area contributed by atoms with E-state index in [0.717, 1.165) is 6.20 Å². The van der Waals surface area contributed by atoms with Gasteiger partial charge in [0.15, 0.2) is 11.3 Å². The molecule has 0 saturated carbocycles. The average molecular weight is 602 g/mol. The summed E-state index contributed by atoms with van der Waals surface area (Å²) in [6.45, 7) is 3.64. The summed E-state index contributed by atoms with van der Waals surface area (Å²) in [6, 6.07) is 9.54. The number of rotatable bonds is 7. The van der Waals surface area contributed by atoms with Crippen LogP contribution in [0.3, 0.4) is 0 Å². The number of hydrogen-bond acceptors (Lipinski definition) is 7. The van der Waals surface area contributed by atoms with Gasteiger partial charge in [-0.05, 0) is 56.3 Å². The van der Waals surface area contributed by atoms with Gasteiger partial charge in [-0.3, -0.25) is 9.69 Å². The Morgan fingerprint density at radius 3 is 2.44 bits per heavy atom. The lowest BCUT2D eigenvalue weighted by Crippen LogP contribution is -2.55. The van der Waals surface area contributed by atoms with E-state index >= 15 is 0 Å². The number of carbonyl (C=O) groups excluding carboxylic acids is 1. The minimum Gasteiger partial charge on any atom is -0.497 e. The van der Waals surface area contributed by atoms with Crippen molar-refractivity contribution >= 4 is 11.6 Å². The number of benzene rings is 2. The van der Waals surface area contributed by atoms with Crippen LogP contribution >= 0.6 is 0 Å². The molecule has 13 heteroatoms. The molecule has 228 valence electrons. The quantitative estimate of drug-likeness (QED) is 0.306. The van der Waals surface area contributed by atoms with Crippen molar-refractivity contribution in [3.8, 4) is 22.8 Å². The maximum atomic E-state index is 14.3. The van der Waals surface area contributed by atoms with Crippen LogP contribution in [0.4, 0.5) is 17.6 Å². The van der Waals surface area contributed by atoms with E-state index in [1.54, 1.807) is 36.1 Å². The predicted molar refractivity (Wildman–Crippen MR) is 150 cm³/mol. The van der Waals surface area contributed by atoms with Gasteiger partial charge in [-0.1, -0.05) is 0 Å². The molecule has 43 heavy (non-hydrogen) atoms. The van der Waals surface area contributed by atoms with Crippen LogP contribution in [0.15, 0.2) is 48.7 Å². The van der Waals surface area contributed by atoms with Gasteiger partial charge in [0.05, 0.1) is 38.8 Å². The topological polar surface area (TPSA) is 92.4 Å². The molecule has 3 heterocycles. The van der Waals surface area contributed by atoms with Gasteiger partial charge in [-0.15, -0.1) is 0 Å². The molecule has 1 aliphatic heterocycles. The number of ether oxygens (including phenoxy) is 2. The SMILES string of the molecule is COc1ccc(-c2nc3c(C(=O)N4CCN([C@H](CO)c5cc(F)ccc5OC)C[C@H]4C)cnn3c(C(F)(F)F)c2C)cc1. The third-order valence-electron chi connectivity index (χ3n) is 7.83. The minimum atomic E-state index is -4.77. The number of nitrogens with zero attached hydrogens (tertiary/aromatic N) is 5. The average Bonchev–Trinajstić information content (AvgIpc) is 3.39. The predicted octanol–water partition coefficient (Wildman–Crippen LogP) is 4.76. The van der Waals surface area contributed by atoms with E-state index in [9.17, 15) is 27.5 Å². The number of fused-ring (bicyclic) bond motifs is 1. The van der Waals surface area contributed by atoms with Gasteiger partial charge in [0, 0.05) is 42.4 Å². The fourth-order valence-corrected chi connectivity index (χ4v) is 5.69. The summed E-state index contributed by atoms with van der Waals surface area (Å²) in [5.41, 5.74) is -0.440. The van der Waals surface area contributed by atoms with E-state index in [1.807, 2.05) is 4.90 Å². The van der Waals surface area contributed by atoms with Crippen LogP contribution in [-0.2, 0) is 6.18 Å². The monoisotopic (exact) mass is 601 g/mol. The first-order valence-electron chi connectivity index (χ1n) is 13.6. The van der Waals surface area contributed by atoms with Crippen molar-refractivity contribution in [2.45, 2.75) is 32.1 Å². The van der Waals surface area contributed by atoms with Crippen molar-refractivity contribution in [2.75, 3.05) is 40.5 Å². The maximum absolute atomic E-state index is 14.3. The summed E-state index contributed by atoms with van der Waals surface area (Å²) in [4.78, 5) is 21.8. The Kier molecular flexibility index (Phi) is 8.30. The number of amides is 1. The highest BCUT2D eigenvalue weighted by atomic mass is 19.4. The summed E-state index contributed by atoms with van der Waals surface area (Å²) in [5, 5.41) is 14.2. The van der Waals surface area contributed by atoms with Gasteiger partial charge < -0.3 is 19.5 Å². The van der Waals surface area contributed by atoms with Gasteiger partial charge >= 0.3 is 6.18 Å². The molecule has 1 amide bonds. The molecule has 0 spiro atoms. The zero-order chi connectivity index (χ0) is 31.1. The van der Waals surface area contributed by atoms with Gasteiger partial charge in [0.1, 0.15) is 22.9 Å². The number of halogens is 4. The van der Waals surface area contributed by atoms with Gasteiger partial charge in [0.25, 0.3) is 5.91 Å². The fourth-order valence-electron chi connectivity index (χ4n) is 5.69. The van der Waals surface area contributed by atoms with Crippen LogP contribution in [0.2, 0.25) is 0 Å². The normalized spacial score (nSPS) is 16.9. The van der Waals surface area contributed by atoms with Gasteiger partial charge in [-0.25, -0.2) is 13.9 Å². The lowest BCUT2D eigenvalue weighted by atomic mass is 10.0. The van der Waals surface area contributed by atoms with Crippen molar-refractivity contribution in [3.63, 3.8) is 0 Å². The van der Waals surface area contributed by atoms with Crippen LogP contribution < -0.4 is 9.47 Å². The van der Waals surface area contributed by atoms with Crippen molar-refractivity contribution in [2.24, 2.45) is 0 Å². The minimum absolute atomic E-state index is 0.0638. The first-order valence-corrected chi connectivity index (χ1v) is 13.6. The lowest BCUT2D eigenvalue weighted by molar-refractivity contribution is -0.143. The van der Waals surface area contributed by atoms with Crippen LogP contribution in [0.5, 0.6) is 11.5 Å². The zero-order valence-electron chi connectivity index (χ0n) is 24.0. The summed E-state index contributed by atoms with van der Waals surface area (Å²) in [7, 11) is 2.94. The van der Waals surface area contributed by atoms with Gasteiger partial charge in [0.2, 0.25) is 0 Å². The Morgan fingerprint density at radius 2 is 1.84 bits per heavy atom. The number of alkyl halides is 3. The molecule has 0 aliphatic carbocycles. The number of aliphatic hydroxyl groups excluding tert-OH is 1. The van der Waals surface area contributed by atoms with E-state index in [2.05, 4.69) is 10.1 Å². The van der Waals surface area contributed by atoms with Crippen molar-refractivity contribution in [1.82, 2.24) is 24.4 Å². The number of hydrogen-bond donors (Lipinski definition) is 1. The van der Waals surface area contributed by atoms with E-state index in [1.165, 1.54) is 39.3 Å². The largest absolute Gasteiger partial charge is 0.497 e. The molecular formula is C30H31F4N5O4. The maximum Gasteiger partial charge on any atom is 0.433 e. The van der Waals surface area contributed by atoms with Crippen LogP contribution in [0.25, 0.3) is 16.9 Å². The number of aliphatic hydroxyl groups is 1. The molecule has 1 fully saturated rings. The second kappa shape index (κ2) is 11.8. The molecular weight excluding hydrogens is 570 g/mol. The molecule has 0 bridgehead atoms. The van der Waals surface area contributed by atoms with E-state index in [0.29, 0.717) is 40.2 Å². The summed E-state index contributed by atoms with van der Waals surface area (Å²) >= 11 is 0. The van der Waals surface area contributed by atoms with E-state index in [-0.39, 0.29) is 35.6 Å². The van der Waals surface area contributed by atoms with Crippen LogP contribution in [0, 0.1) is 12.7 Å². The molecule has 1 aliphatic rings. The highest BCUT2D eigenvalue weighted by molar-refractivity contribution is 6.00. The second-order valence-electron chi connectivity index (χ2n) is 10.4. The molecule has 9 nitrogen and oxygen atoms in total. The Hall–Kier alpha value is -4.23. The van der Waals surface area contributed by atoms with Crippen LogP contribution in [0.1, 0.15) is 40.1 Å². The van der Waals surface area contributed by atoms with Gasteiger partial charge in [-0.2, -0.15) is 18.3 Å². The summed E-state index contributed by atoms with van der Waals surface area (Å²) in [6.07, 6.45) is -3.65. The van der Waals surface area contributed by atoms with E-state index < -0.39 is 35.7 Å². The Bertz CT molecular complexity index is 1640. The standard InChI is InChI=1S/C30H31F4N5O4/c1-17-15-37(24(16-40)22-13-20(31)7-10-25(22)43-4)11-12-38(17)29(41)23-14-35-39-27(30(32,33)34)18(2)26(36-28(23)39)19-5-8-21(42-3)9-6-19/h5-10,13-14,17,24,40H,11-12,15-16H2,1-4H3/t17-,24-/m1/s1. The molecule has 5 rings (SSSR count). The van der Waals surface area contributed by atoms with Crippen molar-refractivity contribution in [1.29, 1.82) is 0 Å². The number of piperazine rings is 1. The highest BCUT2D eigenvalue weighted by Crippen LogP contribution is 2.37. The Balaban J connectivity index is 1.48. The Morgan fingerprint density at radius 1 is 1.12 bits per heavy atom. The van der Waals surface area contributed by atoms with E-state index in [4.69, 9.17) is 9.47 Å². The number of carbonyl (C=O) groups is 1. The fraction of sp³-hybridized carbons (Fsp3) is 0.367. The third kappa shape index (κ3) is 5.62. The first-order chi connectivity index (χ1) is 20.5. The molecule has 2 aromatic carbocycles. The van der Waals surface area contributed by atoms with Crippen LogP contribution in [-0.4, -0.2) is 81.9 Å². The molecule has 1 N–H and O–H groups in total. The summed E-state index contributed by atoms with van der Waals surface area (Å²) in [5.74, 6) is -0.0333. The molecule has 0 radical (unpaired) electrons. The first kappa shape index (κ1) is 30.2. The molecule has 2 aromatic heterocycles. The lowest BCUT2D eigenvalue weighted by Gasteiger charge is -2.43. The summed E-state index contributed by atoms with van der Waals surface area (Å²) < 4.78 is 68.3. The number of methoxy groups -OCH3 is 2. The molecule has 2 atom stereocenters. The van der Waals surface area contributed by atoms with Crippen molar-refractivity contribution < 1.29 is 36.9 Å². The molecule has 1 saturated heterocycles. The second-order valence-corrected chi connectivity index (χ2v) is 10.4. The Labute approximate surface area is 245 Å². The smallest absolute Gasteiger partial charge is 0.433 e.